The zero-order valence-electron chi connectivity index (χ0n) is 10.8. The van der Waals surface area contributed by atoms with Gasteiger partial charge in [0, 0.05) is 12.1 Å². The summed E-state index contributed by atoms with van der Waals surface area (Å²) in [6.45, 7) is 1.84. The predicted molar refractivity (Wildman–Crippen MR) is 68.2 cm³/mol. The first-order valence-electron chi connectivity index (χ1n) is 5.85. The Morgan fingerprint density at radius 2 is 2.00 bits per heavy atom. The molecule has 1 aromatic heterocycles. The molecule has 1 aromatic carbocycles. The Kier molecular flexibility index (Phi) is 3.80. The molecular formula is C13H12F2N2O3. The highest BCUT2D eigenvalue weighted by atomic mass is 19.1. The van der Waals surface area contributed by atoms with E-state index in [0.29, 0.717) is 11.8 Å². The van der Waals surface area contributed by atoms with Crippen molar-refractivity contribution in [1.82, 2.24) is 5.32 Å². The molecule has 0 spiro atoms. The maximum atomic E-state index is 13.7. The summed E-state index contributed by atoms with van der Waals surface area (Å²) in [7, 11) is 1.73. The lowest BCUT2D eigenvalue weighted by Gasteiger charge is -2.06. The number of benzene rings is 1. The van der Waals surface area contributed by atoms with Crippen molar-refractivity contribution in [2.45, 2.75) is 13.0 Å². The molecule has 1 atom stereocenters. The van der Waals surface area contributed by atoms with Crippen molar-refractivity contribution in [3.63, 3.8) is 0 Å². The molecule has 0 aliphatic carbocycles. The molecular weight excluding hydrogens is 270 g/mol. The van der Waals surface area contributed by atoms with Gasteiger partial charge in [-0.05, 0) is 26.1 Å². The Labute approximate surface area is 113 Å². The number of nitrogens with one attached hydrogen (secondary N) is 1. The first-order chi connectivity index (χ1) is 9.43. The predicted octanol–water partition coefficient (Wildman–Crippen LogP) is 3.41. The molecule has 106 valence electrons. The number of nitro groups is 1. The summed E-state index contributed by atoms with van der Waals surface area (Å²) >= 11 is 0. The monoisotopic (exact) mass is 282 g/mol. The Morgan fingerprint density at radius 1 is 1.30 bits per heavy atom. The number of furan rings is 1. The van der Waals surface area contributed by atoms with E-state index in [4.69, 9.17) is 4.42 Å². The van der Waals surface area contributed by atoms with Crippen LogP contribution in [-0.2, 0) is 0 Å². The molecule has 0 aliphatic rings. The summed E-state index contributed by atoms with van der Waals surface area (Å²) in [5.74, 6) is -1.46. The number of hydrogen-bond donors (Lipinski definition) is 1. The first kappa shape index (κ1) is 14.1. The van der Waals surface area contributed by atoms with Crippen LogP contribution >= 0.6 is 0 Å². The van der Waals surface area contributed by atoms with Crippen molar-refractivity contribution >= 4 is 5.69 Å². The minimum absolute atomic E-state index is 0.0951. The molecule has 0 bridgehead atoms. The molecule has 0 saturated carbocycles. The van der Waals surface area contributed by atoms with Gasteiger partial charge in [0.1, 0.15) is 17.3 Å². The summed E-state index contributed by atoms with van der Waals surface area (Å²) in [6, 6.07) is 4.34. The van der Waals surface area contributed by atoms with Gasteiger partial charge in [-0.2, -0.15) is 4.39 Å². The Bertz CT molecular complexity index is 655. The van der Waals surface area contributed by atoms with Gasteiger partial charge in [0.05, 0.1) is 16.5 Å². The van der Waals surface area contributed by atoms with Gasteiger partial charge < -0.3 is 9.73 Å². The van der Waals surface area contributed by atoms with Crippen LogP contribution in [0.1, 0.15) is 18.7 Å². The lowest BCUT2D eigenvalue weighted by atomic mass is 10.1. The largest absolute Gasteiger partial charge is 0.459 e. The lowest BCUT2D eigenvalue weighted by molar-refractivity contribution is -0.387. The van der Waals surface area contributed by atoms with Crippen LogP contribution in [0.25, 0.3) is 11.3 Å². The van der Waals surface area contributed by atoms with E-state index < -0.39 is 22.2 Å². The van der Waals surface area contributed by atoms with E-state index in [9.17, 15) is 18.9 Å². The van der Waals surface area contributed by atoms with Crippen molar-refractivity contribution in [2.24, 2.45) is 0 Å². The molecule has 0 radical (unpaired) electrons. The van der Waals surface area contributed by atoms with E-state index in [1.54, 1.807) is 13.1 Å². The minimum Gasteiger partial charge on any atom is -0.459 e. The summed E-state index contributed by atoms with van der Waals surface area (Å²) in [4.78, 5) is 9.77. The van der Waals surface area contributed by atoms with Crippen LogP contribution in [0.15, 0.2) is 28.7 Å². The molecule has 0 saturated heterocycles. The summed E-state index contributed by atoms with van der Waals surface area (Å²) in [5, 5.41) is 13.6. The van der Waals surface area contributed by atoms with Crippen molar-refractivity contribution in [1.29, 1.82) is 0 Å². The number of hydrogen-bond acceptors (Lipinski definition) is 4. The minimum atomic E-state index is -1.22. The summed E-state index contributed by atoms with van der Waals surface area (Å²) < 4.78 is 32.4. The van der Waals surface area contributed by atoms with Gasteiger partial charge in [-0.15, -0.1) is 0 Å². The van der Waals surface area contributed by atoms with Crippen LogP contribution < -0.4 is 5.32 Å². The van der Waals surface area contributed by atoms with Crippen LogP contribution in [0.2, 0.25) is 0 Å². The van der Waals surface area contributed by atoms with E-state index in [2.05, 4.69) is 5.32 Å². The SMILES string of the molecule is CNC(C)c1ccc(-c2cc([N+](=O)[O-])c(F)cc2F)o1. The van der Waals surface area contributed by atoms with E-state index in [1.165, 1.54) is 6.07 Å². The molecule has 20 heavy (non-hydrogen) atoms. The second kappa shape index (κ2) is 5.38. The smallest absolute Gasteiger partial charge is 0.305 e. The second-order valence-corrected chi connectivity index (χ2v) is 4.25. The molecule has 2 rings (SSSR count). The third-order valence-corrected chi connectivity index (χ3v) is 2.99. The van der Waals surface area contributed by atoms with E-state index >= 15 is 0 Å². The molecule has 1 unspecified atom stereocenters. The first-order valence-corrected chi connectivity index (χ1v) is 5.85. The maximum Gasteiger partial charge on any atom is 0.305 e. The fourth-order valence-corrected chi connectivity index (χ4v) is 1.74. The van der Waals surface area contributed by atoms with E-state index in [0.717, 1.165) is 6.07 Å². The topological polar surface area (TPSA) is 68.3 Å². The second-order valence-electron chi connectivity index (χ2n) is 4.25. The lowest BCUT2D eigenvalue weighted by Crippen LogP contribution is -2.11. The molecule has 0 aliphatic heterocycles. The van der Waals surface area contributed by atoms with Crippen LogP contribution in [0.5, 0.6) is 0 Å². The standard InChI is InChI=1S/C13H12F2N2O3/c1-7(16-2)12-3-4-13(20-12)8-5-11(17(18)19)10(15)6-9(8)14/h3-7,16H,1-2H3. The number of halogens is 2. The highest BCUT2D eigenvalue weighted by molar-refractivity contribution is 5.62. The van der Waals surface area contributed by atoms with Crippen molar-refractivity contribution in [3.8, 4) is 11.3 Å². The van der Waals surface area contributed by atoms with Gasteiger partial charge in [-0.25, -0.2) is 4.39 Å². The van der Waals surface area contributed by atoms with Gasteiger partial charge in [0.2, 0.25) is 5.82 Å². The molecule has 1 N–H and O–H groups in total. The van der Waals surface area contributed by atoms with Crippen molar-refractivity contribution in [3.05, 3.63) is 51.8 Å². The van der Waals surface area contributed by atoms with Crippen molar-refractivity contribution in [2.75, 3.05) is 7.05 Å². The maximum absolute atomic E-state index is 13.7. The van der Waals surface area contributed by atoms with Gasteiger partial charge in [0.15, 0.2) is 0 Å². The Hall–Kier alpha value is -2.28. The fraction of sp³-hybridized carbons (Fsp3) is 0.231. The summed E-state index contributed by atoms with van der Waals surface area (Å²) in [6.07, 6.45) is 0. The van der Waals surface area contributed by atoms with Crippen LogP contribution in [-0.4, -0.2) is 12.0 Å². The highest BCUT2D eigenvalue weighted by Crippen LogP contribution is 2.31. The van der Waals surface area contributed by atoms with Crippen molar-refractivity contribution < 1.29 is 18.1 Å². The molecule has 1 heterocycles. The Morgan fingerprint density at radius 3 is 2.60 bits per heavy atom. The third kappa shape index (κ3) is 2.53. The van der Waals surface area contributed by atoms with Crippen LogP contribution in [0.3, 0.4) is 0 Å². The molecule has 5 nitrogen and oxygen atoms in total. The van der Waals surface area contributed by atoms with E-state index in [1.807, 2.05) is 6.92 Å². The van der Waals surface area contributed by atoms with Gasteiger partial charge in [-0.1, -0.05) is 0 Å². The normalized spacial score (nSPS) is 12.4. The van der Waals surface area contributed by atoms with E-state index in [-0.39, 0.29) is 17.4 Å². The average Bonchev–Trinajstić information content (AvgIpc) is 2.86. The molecule has 0 amide bonds. The van der Waals surface area contributed by atoms with Gasteiger partial charge in [0.25, 0.3) is 0 Å². The van der Waals surface area contributed by atoms with Gasteiger partial charge in [-0.3, -0.25) is 10.1 Å². The molecule has 0 fully saturated rings. The quantitative estimate of drug-likeness (QED) is 0.689. The summed E-state index contributed by atoms with van der Waals surface area (Å²) in [5.41, 5.74) is -0.936. The number of rotatable bonds is 4. The van der Waals surface area contributed by atoms with Crippen LogP contribution in [0.4, 0.5) is 14.5 Å². The van der Waals surface area contributed by atoms with Gasteiger partial charge >= 0.3 is 5.69 Å². The fourth-order valence-electron chi connectivity index (χ4n) is 1.74. The number of nitro benzene ring substituents is 1. The Balaban J connectivity index is 2.49. The highest BCUT2D eigenvalue weighted by Gasteiger charge is 2.21. The average molecular weight is 282 g/mol. The molecule has 2 aromatic rings. The molecule has 7 heteroatoms. The number of nitrogens with zero attached hydrogens (tertiary/aromatic N) is 1. The zero-order chi connectivity index (χ0) is 14.9. The third-order valence-electron chi connectivity index (χ3n) is 2.99. The van der Waals surface area contributed by atoms with Crippen LogP contribution in [0, 0.1) is 21.7 Å². The zero-order valence-corrected chi connectivity index (χ0v) is 10.8.